The van der Waals surface area contributed by atoms with Crippen LogP contribution >= 0.6 is 0 Å². The van der Waals surface area contributed by atoms with Crippen LogP contribution in [0.4, 0.5) is 10.5 Å². The standard InChI is InChI=1S/C14H19N3O/c1-10-7-8-17(13(18)16-10)11-5-6-12(15-9-11)14(2,3)4/h5-6,9H,1,7-8H2,2-4H3,(H,16,18). The van der Waals surface area contributed by atoms with Crippen LogP contribution in [0.5, 0.6) is 0 Å². The highest BCUT2D eigenvalue weighted by atomic mass is 16.2. The topological polar surface area (TPSA) is 45.2 Å². The van der Waals surface area contributed by atoms with E-state index in [-0.39, 0.29) is 11.4 Å². The number of carbonyl (C=O) groups is 1. The van der Waals surface area contributed by atoms with Gasteiger partial charge in [0, 0.05) is 29.8 Å². The van der Waals surface area contributed by atoms with Gasteiger partial charge in [0.15, 0.2) is 0 Å². The third-order valence-corrected chi connectivity index (χ3v) is 2.99. The van der Waals surface area contributed by atoms with E-state index in [4.69, 9.17) is 0 Å². The highest BCUT2D eigenvalue weighted by molar-refractivity contribution is 5.93. The minimum absolute atomic E-state index is 0.0248. The fourth-order valence-electron chi connectivity index (χ4n) is 1.87. The Morgan fingerprint density at radius 1 is 1.39 bits per heavy atom. The maximum absolute atomic E-state index is 11.8. The highest BCUT2D eigenvalue weighted by Crippen LogP contribution is 2.23. The molecule has 1 aliphatic rings. The van der Waals surface area contributed by atoms with E-state index in [0.29, 0.717) is 6.54 Å². The molecule has 18 heavy (non-hydrogen) atoms. The first-order valence-corrected chi connectivity index (χ1v) is 6.11. The summed E-state index contributed by atoms with van der Waals surface area (Å²) in [5.41, 5.74) is 2.65. The summed E-state index contributed by atoms with van der Waals surface area (Å²) in [6.45, 7) is 10.8. The number of anilines is 1. The number of hydrogen-bond donors (Lipinski definition) is 1. The molecule has 1 N–H and O–H groups in total. The van der Waals surface area contributed by atoms with Gasteiger partial charge in [-0.2, -0.15) is 0 Å². The van der Waals surface area contributed by atoms with Crippen molar-refractivity contribution in [1.29, 1.82) is 0 Å². The van der Waals surface area contributed by atoms with Gasteiger partial charge in [0.2, 0.25) is 0 Å². The zero-order chi connectivity index (χ0) is 13.3. The van der Waals surface area contributed by atoms with Crippen LogP contribution in [-0.4, -0.2) is 17.6 Å². The van der Waals surface area contributed by atoms with E-state index in [2.05, 4.69) is 37.7 Å². The fourth-order valence-corrected chi connectivity index (χ4v) is 1.87. The Morgan fingerprint density at radius 2 is 2.11 bits per heavy atom. The van der Waals surface area contributed by atoms with Crippen molar-refractivity contribution in [2.24, 2.45) is 0 Å². The van der Waals surface area contributed by atoms with Crippen molar-refractivity contribution in [2.75, 3.05) is 11.4 Å². The van der Waals surface area contributed by atoms with Crippen LogP contribution in [0.2, 0.25) is 0 Å². The van der Waals surface area contributed by atoms with Gasteiger partial charge in [0.1, 0.15) is 0 Å². The molecule has 96 valence electrons. The Hall–Kier alpha value is -1.84. The normalized spacial score (nSPS) is 16.7. The molecule has 1 aliphatic heterocycles. The Labute approximate surface area is 108 Å². The zero-order valence-electron chi connectivity index (χ0n) is 11.2. The van der Waals surface area contributed by atoms with Gasteiger partial charge in [0.05, 0.1) is 11.9 Å². The summed E-state index contributed by atoms with van der Waals surface area (Å²) < 4.78 is 0. The van der Waals surface area contributed by atoms with Gasteiger partial charge in [0.25, 0.3) is 0 Å². The average Bonchev–Trinajstić information content (AvgIpc) is 2.28. The van der Waals surface area contributed by atoms with Crippen LogP contribution in [-0.2, 0) is 5.41 Å². The molecule has 1 saturated heterocycles. The van der Waals surface area contributed by atoms with Crippen LogP contribution in [0.25, 0.3) is 0 Å². The number of nitrogens with one attached hydrogen (secondary N) is 1. The van der Waals surface area contributed by atoms with E-state index < -0.39 is 0 Å². The van der Waals surface area contributed by atoms with E-state index in [1.54, 1.807) is 11.1 Å². The quantitative estimate of drug-likeness (QED) is 0.827. The lowest BCUT2D eigenvalue weighted by molar-refractivity contribution is 0.246. The largest absolute Gasteiger partial charge is 0.326 e. The van der Waals surface area contributed by atoms with E-state index >= 15 is 0 Å². The molecule has 0 spiro atoms. The first kappa shape index (κ1) is 12.6. The fraction of sp³-hybridized carbons (Fsp3) is 0.429. The van der Waals surface area contributed by atoms with E-state index in [0.717, 1.165) is 23.5 Å². The van der Waals surface area contributed by atoms with E-state index in [9.17, 15) is 4.79 Å². The van der Waals surface area contributed by atoms with Gasteiger partial charge in [-0.15, -0.1) is 0 Å². The number of rotatable bonds is 1. The molecule has 2 heterocycles. The molecule has 0 radical (unpaired) electrons. The second-order valence-electron chi connectivity index (χ2n) is 5.59. The summed E-state index contributed by atoms with van der Waals surface area (Å²) >= 11 is 0. The van der Waals surface area contributed by atoms with Crippen molar-refractivity contribution in [2.45, 2.75) is 32.6 Å². The molecule has 0 aliphatic carbocycles. The van der Waals surface area contributed by atoms with Crippen LogP contribution in [0.15, 0.2) is 30.6 Å². The smallest absolute Gasteiger partial charge is 0.312 e. The van der Waals surface area contributed by atoms with Crippen LogP contribution in [0.1, 0.15) is 32.9 Å². The van der Waals surface area contributed by atoms with Crippen LogP contribution in [0, 0.1) is 0 Å². The summed E-state index contributed by atoms with van der Waals surface area (Å²) in [6, 6.07) is 3.80. The highest BCUT2D eigenvalue weighted by Gasteiger charge is 2.22. The van der Waals surface area contributed by atoms with Crippen molar-refractivity contribution in [3.05, 3.63) is 36.3 Å². The Balaban J connectivity index is 2.20. The van der Waals surface area contributed by atoms with Crippen molar-refractivity contribution in [3.63, 3.8) is 0 Å². The van der Waals surface area contributed by atoms with Crippen molar-refractivity contribution in [1.82, 2.24) is 10.3 Å². The molecule has 0 aromatic carbocycles. The summed E-state index contributed by atoms with van der Waals surface area (Å²) in [5.74, 6) is 0. The molecule has 0 unspecified atom stereocenters. The Kier molecular flexibility index (Phi) is 3.11. The maximum atomic E-state index is 11.8. The summed E-state index contributed by atoms with van der Waals surface area (Å²) in [6.07, 6.45) is 2.53. The second kappa shape index (κ2) is 4.44. The number of amides is 2. The van der Waals surface area contributed by atoms with E-state index in [1.807, 2.05) is 12.1 Å². The first-order valence-electron chi connectivity index (χ1n) is 6.11. The number of pyridine rings is 1. The molecule has 4 heteroatoms. The predicted octanol–water partition coefficient (Wildman–Crippen LogP) is 2.81. The Morgan fingerprint density at radius 3 is 2.61 bits per heavy atom. The van der Waals surface area contributed by atoms with Gasteiger partial charge in [-0.1, -0.05) is 27.4 Å². The van der Waals surface area contributed by atoms with Crippen LogP contribution < -0.4 is 10.2 Å². The summed E-state index contributed by atoms with van der Waals surface area (Å²) in [4.78, 5) is 17.9. The minimum atomic E-state index is -0.128. The number of urea groups is 1. The SMILES string of the molecule is C=C1CCN(c2ccc(C(C)(C)C)nc2)C(=O)N1. The lowest BCUT2D eigenvalue weighted by Gasteiger charge is -2.29. The summed E-state index contributed by atoms with van der Waals surface area (Å²) in [7, 11) is 0. The minimum Gasteiger partial charge on any atom is -0.312 e. The zero-order valence-corrected chi connectivity index (χ0v) is 11.2. The lowest BCUT2D eigenvalue weighted by atomic mass is 9.92. The average molecular weight is 245 g/mol. The maximum Gasteiger partial charge on any atom is 0.326 e. The van der Waals surface area contributed by atoms with Crippen molar-refractivity contribution in [3.8, 4) is 0 Å². The van der Waals surface area contributed by atoms with Crippen molar-refractivity contribution < 1.29 is 4.79 Å². The molecule has 1 fully saturated rings. The van der Waals surface area contributed by atoms with Gasteiger partial charge >= 0.3 is 6.03 Å². The lowest BCUT2D eigenvalue weighted by Crippen LogP contribution is -2.45. The summed E-state index contributed by atoms with van der Waals surface area (Å²) in [5, 5.41) is 2.74. The van der Waals surface area contributed by atoms with Gasteiger partial charge < -0.3 is 5.32 Å². The van der Waals surface area contributed by atoms with Crippen molar-refractivity contribution >= 4 is 11.7 Å². The molecular formula is C14H19N3O. The molecule has 2 rings (SSSR count). The monoisotopic (exact) mass is 245 g/mol. The third kappa shape index (κ3) is 2.53. The van der Waals surface area contributed by atoms with Gasteiger partial charge in [-0.25, -0.2) is 4.79 Å². The molecule has 2 amide bonds. The second-order valence-corrected chi connectivity index (χ2v) is 5.59. The van der Waals surface area contributed by atoms with Gasteiger partial charge in [-0.3, -0.25) is 9.88 Å². The number of aromatic nitrogens is 1. The van der Waals surface area contributed by atoms with Crippen LogP contribution in [0.3, 0.4) is 0 Å². The Bertz CT molecular complexity index is 471. The molecule has 4 nitrogen and oxygen atoms in total. The number of carbonyl (C=O) groups excluding carboxylic acids is 1. The first-order chi connectivity index (χ1) is 8.38. The predicted molar refractivity (Wildman–Crippen MR) is 72.6 cm³/mol. The molecule has 0 bridgehead atoms. The number of nitrogens with zero attached hydrogens (tertiary/aromatic N) is 2. The molecule has 0 atom stereocenters. The molecule has 0 saturated carbocycles. The molecular weight excluding hydrogens is 226 g/mol. The molecule has 1 aromatic rings. The third-order valence-electron chi connectivity index (χ3n) is 2.99. The molecule has 1 aromatic heterocycles. The number of hydrogen-bond acceptors (Lipinski definition) is 2. The van der Waals surface area contributed by atoms with Gasteiger partial charge in [-0.05, 0) is 12.1 Å². The van der Waals surface area contributed by atoms with E-state index in [1.165, 1.54) is 0 Å².